The number of pyridine rings is 1. The Labute approximate surface area is 110 Å². The van der Waals surface area contributed by atoms with Crippen molar-refractivity contribution in [3.05, 3.63) is 46.6 Å². The van der Waals surface area contributed by atoms with Crippen LogP contribution in [0, 0.1) is 6.92 Å². The van der Waals surface area contributed by atoms with E-state index >= 15 is 0 Å². The van der Waals surface area contributed by atoms with Crippen molar-refractivity contribution in [3.8, 4) is 11.1 Å². The molecule has 0 aliphatic carbocycles. The summed E-state index contributed by atoms with van der Waals surface area (Å²) in [5, 5.41) is 0.0391. The second-order valence-corrected chi connectivity index (χ2v) is 4.25. The number of carbonyl (C=O) groups excluding carboxylic acids is 1. The highest BCUT2D eigenvalue weighted by Gasteiger charge is 2.18. The summed E-state index contributed by atoms with van der Waals surface area (Å²) in [7, 11) is 0. The summed E-state index contributed by atoms with van der Waals surface area (Å²) in [4.78, 5) is 15.4. The number of hydrogen-bond donors (Lipinski definition) is 2. The molecule has 18 heavy (non-hydrogen) atoms. The Morgan fingerprint density at radius 1 is 1.28 bits per heavy atom. The van der Waals surface area contributed by atoms with Crippen molar-refractivity contribution in [1.29, 1.82) is 0 Å². The Balaban J connectivity index is 2.76. The van der Waals surface area contributed by atoms with Crippen LogP contribution in [0.2, 0.25) is 5.15 Å². The van der Waals surface area contributed by atoms with Crippen LogP contribution in [-0.4, -0.2) is 10.9 Å². The maximum Gasteiger partial charge on any atom is 0.252 e. The average molecular weight is 262 g/mol. The van der Waals surface area contributed by atoms with E-state index < -0.39 is 5.91 Å². The van der Waals surface area contributed by atoms with Crippen LogP contribution in [0.1, 0.15) is 15.9 Å². The molecule has 1 aromatic carbocycles. The summed E-state index contributed by atoms with van der Waals surface area (Å²) in [5.41, 5.74) is 13.6. The molecule has 1 amide bonds. The summed E-state index contributed by atoms with van der Waals surface area (Å²) in [5.74, 6) is -0.323. The van der Waals surface area contributed by atoms with Gasteiger partial charge in [0.2, 0.25) is 0 Å². The van der Waals surface area contributed by atoms with Crippen LogP contribution >= 0.6 is 11.6 Å². The maximum absolute atomic E-state index is 11.4. The van der Waals surface area contributed by atoms with Crippen LogP contribution in [0.5, 0.6) is 0 Å². The molecule has 0 spiro atoms. The molecule has 0 radical (unpaired) electrons. The number of halogens is 1. The second-order valence-electron chi connectivity index (χ2n) is 3.89. The van der Waals surface area contributed by atoms with E-state index in [4.69, 9.17) is 23.1 Å². The van der Waals surface area contributed by atoms with Gasteiger partial charge in [0.25, 0.3) is 5.91 Å². The van der Waals surface area contributed by atoms with Crippen molar-refractivity contribution in [2.75, 3.05) is 5.73 Å². The lowest BCUT2D eigenvalue weighted by Gasteiger charge is -2.13. The minimum absolute atomic E-state index is 0.0391. The minimum atomic E-state index is -0.609. The predicted molar refractivity (Wildman–Crippen MR) is 72.4 cm³/mol. The third kappa shape index (κ3) is 2.02. The molecule has 4 N–H and O–H groups in total. The Morgan fingerprint density at radius 3 is 2.44 bits per heavy atom. The molecule has 92 valence electrons. The number of anilines is 1. The summed E-state index contributed by atoms with van der Waals surface area (Å²) >= 11 is 5.90. The first-order chi connectivity index (χ1) is 8.52. The molecule has 1 heterocycles. The van der Waals surface area contributed by atoms with Gasteiger partial charge in [-0.15, -0.1) is 0 Å². The van der Waals surface area contributed by atoms with Gasteiger partial charge >= 0.3 is 0 Å². The van der Waals surface area contributed by atoms with Crippen molar-refractivity contribution >= 4 is 23.3 Å². The summed E-state index contributed by atoms with van der Waals surface area (Å²) < 4.78 is 0. The van der Waals surface area contributed by atoms with E-state index in [1.807, 2.05) is 30.3 Å². The largest absolute Gasteiger partial charge is 0.383 e. The van der Waals surface area contributed by atoms with Crippen LogP contribution in [0.4, 0.5) is 5.82 Å². The van der Waals surface area contributed by atoms with Crippen LogP contribution in [0.25, 0.3) is 11.1 Å². The summed E-state index contributed by atoms with van der Waals surface area (Å²) in [6.07, 6.45) is 0. The van der Waals surface area contributed by atoms with Crippen molar-refractivity contribution in [2.45, 2.75) is 6.92 Å². The first-order valence-corrected chi connectivity index (χ1v) is 5.71. The lowest BCUT2D eigenvalue weighted by Crippen LogP contribution is -2.16. The Morgan fingerprint density at radius 2 is 1.89 bits per heavy atom. The van der Waals surface area contributed by atoms with Gasteiger partial charge in [-0.3, -0.25) is 4.79 Å². The highest BCUT2D eigenvalue weighted by molar-refractivity contribution is 6.33. The number of hydrogen-bond acceptors (Lipinski definition) is 3. The molecular weight excluding hydrogens is 250 g/mol. The molecule has 0 aliphatic rings. The van der Waals surface area contributed by atoms with Crippen LogP contribution in [0.15, 0.2) is 30.3 Å². The quantitative estimate of drug-likeness (QED) is 0.815. The smallest absolute Gasteiger partial charge is 0.252 e. The van der Waals surface area contributed by atoms with Gasteiger partial charge in [-0.25, -0.2) is 4.98 Å². The fraction of sp³-hybridized carbons (Fsp3) is 0.0769. The van der Waals surface area contributed by atoms with Gasteiger partial charge in [0.15, 0.2) is 0 Å². The SMILES string of the molecule is Cc1c(C(N)=O)c(Cl)nc(N)c1-c1ccccc1. The number of primary amides is 1. The molecule has 0 saturated heterocycles. The predicted octanol–water partition coefficient (Wildman–Crippen LogP) is 2.39. The fourth-order valence-corrected chi connectivity index (χ4v) is 2.27. The number of benzene rings is 1. The third-order valence-electron chi connectivity index (χ3n) is 2.74. The van der Waals surface area contributed by atoms with Gasteiger partial charge in [0.05, 0.1) is 5.56 Å². The Hall–Kier alpha value is -2.07. The van der Waals surface area contributed by atoms with Crippen LogP contribution in [0.3, 0.4) is 0 Å². The number of nitrogens with zero attached hydrogens (tertiary/aromatic N) is 1. The molecule has 4 nitrogen and oxygen atoms in total. The molecule has 0 bridgehead atoms. The van der Waals surface area contributed by atoms with Gasteiger partial charge in [-0.05, 0) is 18.1 Å². The number of nitrogens with two attached hydrogens (primary N) is 2. The number of rotatable bonds is 2. The first kappa shape index (κ1) is 12.4. The van der Waals surface area contributed by atoms with Crippen molar-refractivity contribution in [3.63, 3.8) is 0 Å². The summed E-state index contributed by atoms with van der Waals surface area (Å²) in [6.45, 7) is 1.76. The van der Waals surface area contributed by atoms with E-state index in [-0.39, 0.29) is 16.5 Å². The minimum Gasteiger partial charge on any atom is -0.383 e. The van der Waals surface area contributed by atoms with Crippen LogP contribution < -0.4 is 11.5 Å². The van der Waals surface area contributed by atoms with E-state index in [0.29, 0.717) is 11.1 Å². The summed E-state index contributed by atoms with van der Waals surface area (Å²) in [6, 6.07) is 9.44. The highest BCUT2D eigenvalue weighted by atomic mass is 35.5. The van der Waals surface area contributed by atoms with E-state index in [0.717, 1.165) is 5.56 Å². The highest BCUT2D eigenvalue weighted by Crippen LogP contribution is 2.33. The first-order valence-electron chi connectivity index (χ1n) is 5.33. The van der Waals surface area contributed by atoms with E-state index in [1.54, 1.807) is 6.92 Å². The Bertz CT molecular complexity index is 611. The zero-order valence-electron chi connectivity index (χ0n) is 9.77. The number of carbonyl (C=O) groups is 1. The zero-order chi connectivity index (χ0) is 13.3. The van der Waals surface area contributed by atoms with Gasteiger partial charge < -0.3 is 11.5 Å². The number of nitrogen functional groups attached to an aromatic ring is 1. The van der Waals surface area contributed by atoms with Gasteiger partial charge in [-0.1, -0.05) is 41.9 Å². The van der Waals surface area contributed by atoms with Crippen molar-refractivity contribution in [2.24, 2.45) is 5.73 Å². The van der Waals surface area contributed by atoms with E-state index in [9.17, 15) is 4.79 Å². The molecular formula is C13H12ClN3O. The Kier molecular flexibility index (Phi) is 3.21. The second kappa shape index (κ2) is 4.66. The average Bonchev–Trinajstić information content (AvgIpc) is 2.28. The lowest BCUT2D eigenvalue weighted by molar-refractivity contribution is 0.0999. The van der Waals surface area contributed by atoms with Crippen molar-refractivity contribution in [1.82, 2.24) is 4.98 Å². The molecule has 0 saturated carbocycles. The topological polar surface area (TPSA) is 82.0 Å². The molecule has 1 aromatic heterocycles. The molecule has 0 unspecified atom stereocenters. The van der Waals surface area contributed by atoms with Crippen LogP contribution in [-0.2, 0) is 0 Å². The molecule has 2 rings (SSSR count). The zero-order valence-corrected chi connectivity index (χ0v) is 10.5. The normalized spacial score (nSPS) is 10.3. The molecule has 0 aliphatic heterocycles. The third-order valence-corrected chi connectivity index (χ3v) is 3.01. The molecule has 2 aromatic rings. The van der Waals surface area contributed by atoms with E-state index in [2.05, 4.69) is 4.98 Å². The van der Waals surface area contributed by atoms with E-state index in [1.165, 1.54) is 0 Å². The maximum atomic E-state index is 11.4. The van der Waals surface area contributed by atoms with Crippen molar-refractivity contribution < 1.29 is 4.79 Å². The standard InChI is InChI=1S/C13H12ClN3O/c1-7-9(8-5-3-2-4-6-8)12(15)17-11(14)10(7)13(16)18/h2-6H,1H3,(H2,15,17)(H2,16,18). The van der Waals surface area contributed by atoms with Gasteiger partial charge in [-0.2, -0.15) is 0 Å². The lowest BCUT2D eigenvalue weighted by atomic mass is 9.98. The number of amides is 1. The molecule has 5 heteroatoms. The van der Waals surface area contributed by atoms with Gasteiger partial charge in [0.1, 0.15) is 11.0 Å². The number of aromatic nitrogens is 1. The monoisotopic (exact) mass is 261 g/mol. The molecule has 0 atom stereocenters. The van der Waals surface area contributed by atoms with Gasteiger partial charge in [0, 0.05) is 5.56 Å². The molecule has 0 fully saturated rings. The fourth-order valence-electron chi connectivity index (χ4n) is 1.95.